The van der Waals surface area contributed by atoms with Gasteiger partial charge >= 0.3 is 5.63 Å². The van der Waals surface area contributed by atoms with Gasteiger partial charge in [-0.1, -0.05) is 30.6 Å². The molecule has 30 heavy (non-hydrogen) atoms. The van der Waals surface area contributed by atoms with Gasteiger partial charge in [0.25, 0.3) is 5.91 Å². The van der Waals surface area contributed by atoms with Gasteiger partial charge in [-0.05, 0) is 25.8 Å². The second-order valence-corrected chi connectivity index (χ2v) is 7.81. The molecule has 2 aromatic heterocycles. The molecule has 4 N–H and O–H groups in total. The Morgan fingerprint density at radius 3 is 2.63 bits per heavy atom. The number of anilines is 3. The maximum absolute atomic E-state index is 12.6. The molecule has 0 saturated heterocycles. The van der Waals surface area contributed by atoms with E-state index in [1.165, 1.54) is 19.6 Å². The van der Waals surface area contributed by atoms with E-state index >= 15 is 0 Å². The monoisotopic (exact) mass is 432 g/mol. The lowest BCUT2D eigenvalue weighted by atomic mass is 9.95. The van der Waals surface area contributed by atoms with Crippen molar-refractivity contribution in [3.63, 3.8) is 0 Å². The molecule has 3 rings (SSSR count). The van der Waals surface area contributed by atoms with Gasteiger partial charge in [0.05, 0.1) is 12.8 Å². The van der Waals surface area contributed by atoms with Crippen molar-refractivity contribution in [3.05, 3.63) is 34.0 Å². The average molecular weight is 433 g/mol. The first kappa shape index (κ1) is 21.5. The molecule has 1 aliphatic rings. The first-order valence-corrected chi connectivity index (χ1v) is 10.4. The van der Waals surface area contributed by atoms with Gasteiger partial charge < -0.3 is 25.2 Å². The van der Waals surface area contributed by atoms with Crippen LogP contribution in [0.5, 0.6) is 5.75 Å². The highest BCUT2D eigenvalue weighted by Crippen LogP contribution is 2.28. The average Bonchev–Trinajstić information content (AvgIpc) is 3.15. The fraction of sp³-hybridized carbons (Fsp3) is 0.421. The standard InChI is InChI=1S/C19H24N6O4S/c1-11(8-9-20)21-18-24-25-19(30-18)23-16(26)14-10-13(15(28-2)17(27)29-14)22-12-6-4-3-5-7-12/h8-10,12,20,22H,3-7H2,1-2H3,(H,21,24)(H,23,25,26)/b11-8-,20-9?. The lowest BCUT2D eigenvalue weighted by Crippen LogP contribution is -2.24. The molecule has 2 aromatic rings. The van der Waals surface area contributed by atoms with Gasteiger partial charge in [0, 0.05) is 24.0 Å². The number of aromatic nitrogens is 2. The zero-order valence-corrected chi connectivity index (χ0v) is 17.6. The van der Waals surface area contributed by atoms with Crippen molar-refractivity contribution in [2.75, 3.05) is 23.1 Å². The normalized spacial score (nSPS) is 14.8. The van der Waals surface area contributed by atoms with Gasteiger partial charge in [-0.2, -0.15) is 0 Å². The van der Waals surface area contributed by atoms with Crippen molar-refractivity contribution >= 4 is 39.4 Å². The number of methoxy groups -OCH3 is 1. The van der Waals surface area contributed by atoms with E-state index in [2.05, 4.69) is 26.1 Å². The zero-order chi connectivity index (χ0) is 21.5. The highest BCUT2D eigenvalue weighted by molar-refractivity contribution is 7.19. The summed E-state index contributed by atoms with van der Waals surface area (Å²) in [6.07, 6.45) is 8.15. The molecule has 2 heterocycles. The number of carbonyl (C=O) groups excluding carboxylic acids is 1. The molecule has 0 bridgehead atoms. The van der Waals surface area contributed by atoms with Crippen molar-refractivity contribution in [3.8, 4) is 5.75 Å². The van der Waals surface area contributed by atoms with Crippen molar-refractivity contribution < 1.29 is 13.9 Å². The van der Waals surface area contributed by atoms with E-state index in [0.717, 1.165) is 43.2 Å². The summed E-state index contributed by atoms with van der Waals surface area (Å²) in [5, 5.41) is 24.4. The maximum Gasteiger partial charge on any atom is 0.381 e. The summed E-state index contributed by atoms with van der Waals surface area (Å²) in [6.45, 7) is 1.78. The van der Waals surface area contributed by atoms with Gasteiger partial charge in [-0.15, -0.1) is 10.2 Å². The van der Waals surface area contributed by atoms with Crippen LogP contribution in [0.25, 0.3) is 0 Å². The van der Waals surface area contributed by atoms with Crippen molar-refractivity contribution in [1.29, 1.82) is 5.41 Å². The third-order valence-electron chi connectivity index (χ3n) is 4.58. The Kier molecular flexibility index (Phi) is 7.17. The molecule has 0 unspecified atom stereocenters. The minimum Gasteiger partial charge on any atom is -0.488 e. The lowest BCUT2D eigenvalue weighted by Gasteiger charge is -2.24. The van der Waals surface area contributed by atoms with Crippen LogP contribution in [0, 0.1) is 5.41 Å². The van der Waals surface area contributed by atoms with Crippen LogP contribution in [0.3, 0.4) is 0 Å². The summed E-state index contributed by atoms with van der Waals surface area (Å²) in [5.41, 5.74) is 0.423. The van der Waals surface area contributed by atoms with Crippen LogP contribution >= 0.6 is 11.3 Å². The number of rotatable bonds is 8. The number of carbonyl (C=O) groups is 1. The highest BCUT2D eigenvalue weighted by atomic mass is 32.1. The summed E-state index contributed by atoms with van der Waals surface area (Å²) < 4.78 is 10.3. The maximum atomic E-state index is 12.6. The number of ether oxygens (including phenoxy) is 1. The largest absolute Gasteiger partial charge is 0.488 e. The second-order valence-electron chi connectivity index (χ2n) is 6.83. The molecular weight excluding hydrogens is 408 g/mol. The fourth-order valence-corrected chi connectivity index (χ4v) is 3.88. The molecule has 0 aliphatic heterocycles. The summed E-state index contributed by atoms with van der Waals surface area (Å²) >= 11 is 1.11. The molecule has 1 fully saturated rings. The number of hydrogen-bond acceptors (Lipinski definition) is 10. The Balaban J connectivity index is 1.75. The molecule has 11 heteroatoms. The van der Waals surface area contributed by atoms with Crippen LogP contribution in [0.2, 0.25) is 0 Å². The Morgan fingerprint density at radius 2 is 1.97 bits per heavy atom. The number of nitrogens with one attached hydrogen (secondary N) is 4. The first-order chi connectivity index (χ1) is 14.5. The predicted octanol–water partition coefficient (Wildman–Crippen LogP) is 3.46. The van der Waals surface area contributed by atoms with E-state index in [1.54, 1.807) is 13.0 Å². The van der Waals surface area contributed by atoms with Crippen LogP contribution in [0.15, 0.2) is 27.1 Å². The van der Waals surface area contributed by atoms with Gasteiger partial charge in [0.2, 0.25) is 16.0 Å². The second kappa shape index (κ2) is 10.0. The molecule has 0 spiro atoms. The van der Waals surface area contributed by atoms with Crippen LogP contribution in [0.1, 0.15) is 49.6 Å². The van der Waals surface area contributed by atoms with Crippen LogP contribution in [-0.4, -0.2) is 35.5 Å². The van der Waals surface area contributed by atoms with Gasteiger partial charge in [-0.25, -0.2) is 4.79 Å². The molecule has 0 radical (unpaired) electrons. The smallest absolute Gasteiger partial charge is 0.381 e. The van der Waals surface area contributed by atoms with E-state index in [0.29, 0.717) is 16.5 Å². The Bertz CT molecular complexity index is 993. The van der Waals surface area contributed by atoms with E-state index in [1.807, 2.05) is 0 Å². The zero-order valence-electron chi connectivity index (χ0n) is 16.8. The number of amides is 1. The molecule has 160 valence electrons. The lowest BCUT2D eigenvalue weighted by molar-refractivity contribution is 0.0991. The van der Waals surface area contributed by atoms with Gasteiger partial charge in [0.1, 0.15) is 0 Å². The first-order valence-electron chi connectivity index (χ1n) is 9.58. The van der Waals surface area contributed by atoms with Crippen LogP contribution < -0.4 is 26.3 Å². The van der Waals surface area contributed by atoms with Crippen molar-refractivity contribution in [2.24, 2.45) is 0 Å². The summed E-state index contributed by atoms with van der Waals surface area (Å²) in [4.78, 5) is 24.9. The third-order valence-corrected chi connectivity index (χ3v) is 5.34. The van der Waals surface area contributed by atoms with E-state index < -0.39 is 11.5 Å². The number of hydrogen-bond donors (Lipinski definition) is 4. The summed E-state index contributed by atoms with van der Waals surface area (Å²) in [5.74, 6) is -0.715. The number of nitrogens with zero attached hydrogens (tertiary/aromatic N) is 2. The van der Waals surface area contributed by atoms with E-state index in [4.69, 9.17) is 14.6 Å². The van der Waals surface area contributed by atoms with E-state index in [-0.39, 0.29) is 22.7 Å². The molecule has 0 aromatic carbocycles. The molecular formula is C19H24N6O4S. The molecule has 10 nitrogen and oxygen atoms in total. The Labute approximate surface area is 177 Å². The third kappa shape index (κ3) is 5.44. The molecule has 1 amide bonds. The van der Waals surface area contributed by atoms with Crippen LogP contribution in [0.4, 0.5) is 16.0 Å². The quantitative estimate of drug-likeness (QED) is 0.465. The number of allylic oxidation sites excluding steroid dienone is 2. The molecule has 1 aliphatic carbocycles. The predicted molar refractivity (Wildman–Crippen MR) is 116 cm³/mol. The minimum absolute atomic E-state index is 0.0491. The Hall–Kier alpha value is -3.21. The fourth-order valence-electron chi connectivity index (χ4n) is 3.18. The van der Waals surface area contributed by atoms with E-state index in [9.17, 15) is 9.59 Å². The molecule has 0 atom stereocenters. The van der Waals surface area contributed by atoms with Crippen LogP contribution in [-0.2, 0) is 0 Å². The van der Waals surface area contributed by atoms with Crippen molar-refractivity contribution in [2.45, 2.75) is 45.1 Å². The minimum atomic E-state index is -0.726. The van der Waals surface area contributed by atoms with Gasteiger partial charge in [-0.3, -0.25) is 10.1 Å². The van der Waals surface area contributed by atoms with Gasteiger partial charge in [0.15, 0.2) is 5.76 Å². The summed E-state index contributed by atoms with van der Waals surface area (Å²) in [6, 6.07) is 1.70. The SMILES string of the molecule is COc1c(NC2CCCCC2)cc(C(=O)Nc2nnc(N/C(C)=C\C=N)s2)oc1=O. The Morgan fingerprint density at radius 1 is 1.27 bits per heavy atom. The highest BCUT2D eigenvalue weighted by Gasteiger charge is 2.21. The molecule has 1 saturated carbocycles. The topological polar surface area (TPSA) is 142 Å². The van der Waals surface area contributed by atoms with Crippen molar-refractivity contribution in [1.82, 2.24) is 10.2 Å². The summed E-state index contributed by atoms with van der Waals surface area (Å²) in [7, 11) is 1.39.